The zero-order valence-electron chi connectivity index (χ0n) is 12.0. The number of benzene rings is 2. The SMILES string of the molecule is CNS(=O)(=O)c1ccc(Nc2cccc(C)c2)c([N+](=O)[O-])c1. The fourth-order valence-corrected chi connectivity index (χ4v) is 2.68. The molecule has 0 fully saturated rings. The van der Waals surface area contributed by atoms with E-state index < -0.39 is 14.9 Å². The minimum atomic E-state index is -3.73. The summed E-state index contributed by atoms with van der Waals surface area (Å²) in [6.07, 6.45) is 0. The average Bonchev–Trinajstić information content (AvgIpc) is 2.47. The summed E-state index contributed by atoms with van der Waals surface area (Å²) in [7, 11) is -2.48. The zero-order chi connectivity index (χ0) is 16.3. The predicted molar refractivity (Wildman–Crippen MR) is 83.8 cm³/mol. The van der Waals surface area contributed by atoms with Crippen molar-refractivity contribution < 1.29 is 13.3 Å². The molecule has 2 N–H and O–H groups in total. The van der Waals surface area contributed by atoms with Crippen molar-refractivity contribution in [3.05, 3.63) is 58.1 Å². The van der Waals surface area contributed by atoms with E-state index in [0.717, 1.165) is 11.6 Å². The summed E-state index contributed by atoms with van der Waals surface area (Å²) in [5.74, 6) is 0. The number of anilines is 2. The second-order valence-corrected chi connectivity index (χ2v) is 6.52. The Morgan fingerprint density at radius 3 is 2.45 bits per heavy atom. The summed E-state index contributed by atoms with van der Waals surface area (Å²) in [5.41, 5.74) is 1.61. The van der Waals surface area contributed by atoms with Crippen LogP contribution in [0.5, 0.6) is 0 Å². The first-order valence-corrected chi connectivity index (χ1v) is 7.87. The maximum atomic E-state index is 11.7. The maximum Gasteiger partial charge on any atom is 0.294 e. The number of aryl methyl sites for hydroxylation is 1. The van der Waals surface area contributed by atoms with E-state index in [2.05, 4.69) is 10.0 Å². The molecule has 2 rings (SSSR count). The number of nitro benzene ring substituents is 1. The highest BCUT2D eigenvalue weighted by atomic mass is 32.2. The largest absolute Gasteiger partial charge is 0.350 e. The van der Waals surface area contributed by atoms with Gasteiger partial charge in [-0.2, -0.15) is 0 Å². The molecule has 0 unspecified atom stereocenters. The molecule has 8 heteroatoms. The molecule has 0 aromatic heterocycles. The van der Waals surface area contributed by atoms with Crippen LogP contribution in [0, 0.1) is 17.0 Å². The Hall–Kier alpha value is -2.45. The predicted octanol–water partition coefficient (Wildman–Crippen LogP) is 2.55. The molecule has 7 nitrogen and oxygen atoms in total. The molecule has 2 aromatic rings. The molecule has 0 saturated carbocycles. The fraction of sp³-hybridized carbons (Fsp3) is 0.143. The topological polar surface area (TPSA) is 101 Å². The van der Waals surface area contributed by atoms with Crippen LogP contribution >= 0.6 is 0 Å². The summed E-state index contributed by atoms with van der Waals surface area (Å²) in [6.45, 7) is 1.90. The number of nitrogens with zero attached hydrogens (tertiary/aromatic N) is 1. The van der Waals surface area contributed by atoms with Crippen LogP contribution in [0.3, 0.4) is 0 Å². The van der Waals surface area contributed by atoms with Gasteiger partial charge in [0.2, 0.25) is 10.0 Å². The van der Waals surface area contributed by atoms with Crippen LogP contribution in [0.15, 0.2) is 47.4 Å². The van der Waals surface area contributed by atoms with Crippen molar-refractivity contribution >= 4 is 27.1 Å². The molecule has 0 spiro atoms. The highest BCUT2D eigenvalue weighted by molar-refractivity contribution is 7.89. The van der Waals surface area contributed by atoms with Gasteiger partial charge in [0.25, 0.3) is 5.69 Å². The van der Waals surface area contributed by atoms with Gasteiger partial charge in [0.05, 0.1) is 9.82 Å². The second-order valence-electron chi connectivity index (χ2n) is 4.64. The van der Waals surface area contributed by atoms with Crippen molar-refractivity contribution in [3.63, 3.8) is 0 Å². The Morgan fingerprint density at radius 1 is 1.14 bits per heavy atom. The minimum Gasteiger partial charge on any atom is -0.350 e. The van der Waals surface area contributed by atoms with Crippen LogP contribution in [0.4, 0.5) is 17.1 Å². The Morgan fingerprint density at radius 2 is 1.86 bits per heavy atom. The molecule has 0 saturated heterocycles. The molecule has 22 heavy (non-hydrogen) atoms. The van der Waals surface area contributed by atoms with Gasteiger partial charge in [0.15, 0.2) is 0 Å². The number of nitro groups is 1. The van der Waals surface area contributed by atoms with E-state index >= 15 is 0 Å². The first kappa shape index (κ1) is 15.9. The van der Waals surface area contributed by atoms with Crippen molar-refractivity contribution in [1.29, 1.82) is 0 Å². The van der Waals surface area contributed by atoms with Gasteiger partial charge in [0.1, 0.15) is 5.69 Å². The number of nitrogens with one attached hydrogen (secondary N) is 2. The quantitative estimate of drug-likeness (QED) is 0.651. The highest BCUT2D eigenvalue weighted by Gasteiger charge is 2.20. The van der Waals surface area contributed by atoms with E-state index in [1.165, 1.54) is 19.2 Å². The summed E-state index contributed by atoms with van der Waals surface area (Å²) in [4.78, 5) is 10.4. The van der Waals surface area contributed by atoms with Crippen LogP contribution in [-0.4, -0.2) is 20.4 Å². The van der Waals surface area contributed by atoms with Crippen LogP contribution in [0.25, 0.3) is 0 Å². The summed E-state index contributed by atoms with van der Waals surface area (Å²) in [5, 5.41) is 14.1. The first-order chi connectivity index (χ1) is 10.3. The van der Waals surface area contributed by atoms with Gasteiger partial charge in [0, 0.05) is 11.8 Å². The Balaban J connectivity index is 2.46. The van der Waals surface area contributed by atoms with E-state index in [1.54, 1.807) is 6.07 Å². The Kier molecular flexibility index (Phi) is 4.43. The summed E-state index contributed by atoms with van der Waals surface area (Å²) < 4.78 is 25.6. The summed E-state index contributed by atoms with van der Waals surface area (Å²) >= 11 is 0. The monoisotopic (exact) mass is 321 g/mol. The van der Waals surface area contributed by atoms with Crippen LogP contribution < -0.4 is 10.0 Å². The molecule has 0 aliphatic carbocycles. The molecule has 0 aliphatic heterocycles. The van der Waals surface area contributed by atoms with Gasteiger partial charge < -0.3 is 5.32 Å². The maximum absolute atomic E-state index is 11.7. The summed E-state index contributed by atoms with van der Waals surface area (Å²) in [6, 6.07) is 11.1. The van der Waals surface area contributed by atoms with E-state index in [0.29, 0.717) is 5.69 Å². The lowest BCUT2D eigenvalue weighted by Gasteiger charge is -2.09. The standard InChI is InChI=1S/C14H15N3O4S/c1-10-4-3-5-11(8-10)16-13-7-6-12(22(20,21)15-2)9-14(13)17(18)19/h3-9,15-16H,1-2H3. The Bertz CT molecular complexity index is 819. The van der Waals surface area contributed by atoms with E-state index in [4.69, 9.17) is 0 Å². The van der Waals surface area contributed by atoms with Gasteiger partial charge in [-0.25, -0.2) is 13.1 Å². The number of rotatable bonds is 5. The van der Waals surface area contributed by atoms with E-state index in [-0.39, 0.29) is 16.3 Å². The van der Waals surface area contributed by atoms with Crippen LogP contribution in [-0.2, 0) is 10.0 Å². The number of hydrogen-bond acceptors (Lipinski definition) is 5. The molecule has 0 atom stereocenters. The lowest BCUT2D eigenvalue weighted by Crippen LogP contribution is -2.18. The van der Waals surface area contributed by atoms with Gasteiger partial charge in [-0.3, -0.25) is 10.1 Å². The third-order valence-corrected chi connectivity index (χ3v) is 4.45. The smallest absolute Gasteiger partial charge is 0.294 e. The van der Waals surface area contributed by atoms with Gasteiger partial charge in [-0.05, 0) is 43.8 Å². The highest BCUT2D eigenvalue weighted by Crippen LogP contribution is 2.30. The third kappa shape index (κ3) is 3.41. The van der Waals surface area contributed by atoms with Gasteiger partial charge in [-0.1, -0.05) is 12.1 Å². The fourth-order valence-electron chi connectivity index (χ4n) is 1.93. The molecular weight excluding hydrogens is 306 g/mol. The van der Waals surface area contributed by atoms with Gasteiger partial charge >= 0.3 is 0 Å². The van der Waals surface area contributed by atoms with Crippen molar-refractivity contribution in [1.82, 2.24) is 4.72 Å². The molecule has 0 heterocycles. The molecule has 0 amide bonds. The van der Waals surface area contributed by atoms with Crippen molar-refractivity contribution in [3.8, 4) is 0 Å². The third-order valence-electron chi connectivity index (χ3n) is 3.04. The normalized spacial score (nSPS) is 11.2. The molecule has 0 radical (unpaired) electrons. The van der Waals surface area contributed by atoms with Crippen molar-refractivity contribution in [2.75, 3.05) is 12.4 Å². The van der Waals surface area contributed by atoms with Crippen LogP contribution in [0.2, 0.25) is 0 Å². The van der Waals surface area contributed by atoms with Crippen molar-refractivity contribution in [2.24, 2.45) is 0 Å². The van der Waals surface area contributed by atoms with E-state index in [1.807, 2.05) is 25.1 Å². The second kappa shape index (κ2) is 6.12. The van der Waals surface area contributed by atoms with Crippen molar-refractivity contribution in [2.45, 2.75) is 11.8 Å². The van der Waals surface area contributed by atoms with Crippen LogP contribution in [0.1, 0.15) is 5.56 Å². The molecule has 116 valence electrons. The minimum absolute atomic E-state index is 0.156. The van der Waals surface area contributed by atoms with E-state index in [9.17, 15) is 18.5 Å². The molecule has 0 bridgehead atoms. The first-order valence-electron chi connectivity index (χ1n) is 6.39. The number of hydrogen-bond donors (Lipinski definition) is 2. The lowest BCUT2D eigenvalue weighted by atomic mass is 10.2. The molecular formula is C14H15N3O4S. The van der Waals surface area contributed by atoms with Gasteiger partial charge in [-0.15, -0.1) is 0 Å². The molecule has 2 aromatic carbocycles. The molecule has 0 aliphatic rings. The zero-order valence-corrected chi connectivity index (χ0v) is 12.8. The Labute approximate surface area is 128 Å². The number of sulfonamides is 1. The average molecular weight is 321 g/mol. The lowest BCUT2D eigenvalue weighted by molar-refractivity contribution is -0.384.